The van der Waals surface area contributed by atoms with Crippen LogP contribution in [0.4, 0.5) is 0 Å². The van der Waals surface area contributed by atoms with Crippen LogP contribution in [-0.2, 0) is 17.6 Å². The normalized spacial score (nSPS) is 10.3. The van der Waals surface area contributed by atoms with E-state index in [0.717, 1.165) is 32.5 Å². The summed E-state index contributed by atoms with van der Waals surface area (Å²) in [6, 6.07) is 21.1. The highest BCUT2D eigenvalue weighted by atomic mass is 16.5. The third-order valence-electron chi connectivity index (χ3n) is 6.41. The highest BCUT2D eigenvalue weighted by molar-refractivity contribution is 5.15. The van der Waals surface area contributed by atoms with E-state index in [-0.39, 0.29) is 0 Å². The Bertz CT molecular complexity index is 635. The van der Waals surface area contributed by atoms with Gasteiger partial charge in [-0.3, -0.25) is 0 Å². The minimum atomic E-state index is 0.312. The maximum Gasteiger partial charge on any atom is 0.0466 e. The van der Waals surface area contributed by atoms with Crippen LogP contribution < -0.4 is 0 Å². The third kappa shape index (κ3) is 27.2. The molecule has 212 valence electrons. The van der Waals surface area contributed by atoms with Crippen LogP contribution in [0.2, 0.25) is 0 Å². The van der Waals surface area contributed by atoms with Gasteiger partial charge in [0.1, 0.15) is 0 Å². The van der Waals surface area contributed by atoms with E-state index < -0.39 is 0 Å². The molecule has 0 amide bonds. The first kappa shape index (κ1) is 35.4. The number of benzene rings is 2. The molecule has 0 bridgehead atoms. The number of aliphatic hydroxyl groups excluding tert-OH is 1. The summed E-state index contributed by atoms with van der Waals surface area (Å²) < 4.78 is 5.65. The lowest BCUT2D eigenvalue weighted by molar-refractivity contribution is 0.126. The van der Waals surface area contributed by atoms with Crippen molar-refractivity contribution in [3.8, 4) is 0 Å². The fourth-order valence-corrected chi connectivity index (χ4v) is 4.03. The van der Waals surface area contributed by atoms with Crippen molar-refractivity contribution >= 4 is 0 Å². The molecule has 0 aliphatic heterocycles. The molecule has 0 saturated carbocycles. The Morgan fingerprint density at radius 3 is 1.24 bits per heavy atom. The smallest absolute Gasteiger partial charge is 0.0466 e. The van der Waals surface area contributed by atoms with Gasteiger partial charge in [-0.15, -0.1) is 0 Å². The lowest BCUT2D eigenvalue weighted by Crippen LogP contribution is -1.98. The highest BCUT2D eigenvalue weighted by Gasteiger charge is 1.94. The van der Waals surface area contributed by atoms with Crippen molar-refractivity contribution in [3.63, 3.8) is 0 Å². The van der Waals surface area contributed by atoms with Gasteiger partial charge in [-0.05, 0) is 56.1 Å². The predicted molar refractivity (Wildman–Crippen MR) is 164 cm³/mol. The van der Waals surface area contributed by atoms with Crippen LogP contribution >= 0.6 is 0 Å². The fraction of sp³-hybridized carbons (Fsp3) is 0.657. The second-order valence-electron chi connectivity index (χ2n) is 10.0. The maximum atomic E-state index is 8.54. The molecule has 0 aromatic heterocycles. The molecule has 2 aromatic rings. The zero-order valence-corrected chi connectivity index (χ0v) is 24.8. The number of hydrogen-bond donors (Lipinski definition) is 1. The summed E-state index contributed by atoms with van der Waals surface area (Å²) in [5, 5.41) is 8.54. The summed E-state index contributed by atoms with van der Waals surface area (Å²) in [6.45, 7) is 8.96. The third-order valence-corrected chi connectivity index (χ3v) is 6.41. The Kier molecular flexibility index (Phi) is 29.2. The molecule has 0 aliphatic carbocycles. The highest BCUT2D eigenvalue weighted by Crippen LogP contribution is 2.06. The predicted octanol–water partition coefficient (Wildman–Crippen LogP) is 10.4. The van der Waals surface area contributed by atoms with Crippen molar-refractivity contribution in [1.29, 1.82) is 0 Å². The van der Waals surface area contributed by atoms with E-state index in [0.29, 0.717) is 6.61 Å². The average molecular weight is 513 g/mol. The Balaban J connectivity index is 0.000000580. The minimum absolute atomic E-state index is 0.312. The van der Waals surface area contributed by atoms with Crippen LogP contribution in [-0.4, -0.2) is 24.9 Å². The number of unbranched alkanes of at least 4 members (excludes halogenated alkanes) is 11. The molecule has 2 heteroatoms. The number of rotatable bonds is 20. The van der Waals surface area contributed by atoms with Gasteiger partial charge in [-0.25, -0.2) is 0 Å². The van der Waals surface area contributed by atoms with E-state index in [4.69, 9.17) is 9.84 Å². The molecular weight excluding hydrogens is 452 g/mol. The molecule has 0 fully saturated rings. The Morgan fingerprint density at radius 1 is 0.459 bits per heavy atom. The summed E-state index contributed by atoms with van der Waals surface area (Å²) in [5.74, 6) is 0. The molecule has 0 spiro atoms. The van der Waals surface area contributed by atoms with E-state index in [1.54, 1.807) is 0 Å². The lowest BCUT2D eigenvalue weighted by Gasteiger charge is -2.04. The number of ether oxygens (including phenoxy) is 1. The number of aryl methyl sites for hydroxylation is 2. The van der Waals surface area contributed by atoms with Crippen LogP contribution in [0.5, 0.6) is 0 Å². The maximum absolute atomic E-state index is 8.54. The SMILES string of the molecule is CCCCCCCC.CCCCCCCOCCCCc1ccccc1.OCCCCc1ccccc1. The van der Waals surface area contributed by atoms with Crippen molar-refractivity contribution in [2.24, 2.45) is 0 Å². The molecule has 0 radical (unpaired) electrons. The van der Waals surface area contributed by atoms with Crippen molar-refractivity contribution in [1.82, 2.24) is 0 Å². The first-order chi connectivity index (χ1) is 18.3. The van der Waals surface area contributed by atoms with Gasteiger partial charge in [0.2, 0.25) is 0 Å². The molecule has 0 unspecified atom stereocenters. The molecule has 37 heavy (non-hydrogen) atoms. The molecule has 1 N–H and O–H groups in total. The van der Waals surface area contributed by atoms with Gasteiger partial charge in [0.25, 0.3) is 0 Å². The largest absolute Gasteiger partial charge is 0.396 e. The second kappa shape index (κ2) is 30.6. The van der Waals surface area contributed by atoms with E-state index >= 15 is 0 Å². The second-order valence-corrected chi connectivity index (χ2v) is 10.0. The van der Waals surface area contributed by atoms with Crippen LogP contribution in [0.15, 0.2) is 60.7 Å². The van der Waals surface area contributed by atoms with Crippen molar-refractivity contribution in [2.75, 3.05) is 19.8 Å². The fourth-order valence-electron chi connectivity index (χ4n) is 4.03. The quantitative estimate of drug-likeness (QED) is 0.179. The lowest BCUT2D eigenvalue weighted by atomic mass is 10.1. The van der Waals surface area contributed by atoms with Crippen LogP contribution in [0.1, 0.15) is 128 Å². The van der Waals surface area contributed by atoms with Crippen molar-refractivity contribution in [3.05, 3.63) is 71.8 Å². The average Bonchev–Trinajstić information content (AvgIpc) is 2.94. The minimum Gasteiger partial charge on any atom is -0.396 e. The Hall–Kier alpha value is -1.64. The van der Waals surface area contributed by atoms with Gasteiger partial charge >= 0.3 is 0 Å². The monoisotopic (exact) mass is 512 g/mol. The zero-order chi connectivity index (χ0) is 27.1. The summed E-state index contributed by atoms with van der Waals surface area (Å²) >= 11 is 0. The van der Waals surface area contributed by atoms with Crippen molar-refractivity contribution < 1.29 is 9.84 Å². The van der Waals surface area contributed by atoms with Crippen LogP contribution in [0.25, 0.3) is 0 Å². The van der Waals surface area contributed by atoms with Crippen LogP contribution in [0.3, 0.4) is 0 Å². The van der Waals surface area contributed by atoms with Gasteiger partial charge in [0, 0.05) is 19.8 Å². The number of aliphatic hydroxyl groups is 1. The van der Waals surface area contributed by atoms with E-state index in [2.05, 4.69) is 63.2 Å². The summed E-state index contributed by atoms with van der Waals surface area (Å²) in [5.41, 5.74) is 2.80. The number of hydrogen-bond acceptors (Lipinski definition) is 2. The Labute approximate surface area is 231 Å². The van der Waals surface area contributed by atoms with E-state index in [9.17, 15) is 0 Å². The first-order valence-corrected chi connectivity index (χ1v) is 15.5. The standard InChI is InChI=1S/C17H28O.C10H14O.C8H18/c1-2-3-4-5-10-15-18-16-11-9-14-17-12-7-6-8-13-17;11-9-5-4-8-10-6-2-1-3-7-10;1-3-5-7-8-6-4-2/h6-8,12-13H,2-5,9-11,14-16H2,1H3;1-3,6-7,11H,4-5,8-9H2;3-8H2,1-2H3. The van der Waals surface area contributed by atoms with Crippen molar-refractivity contribution in [2.45, 2.75) is 130 Å². The zero-order valence-electron chi connectivity index (χ0n) is 24.8. The molecule has 2 aromatic carbocycles. The van der Waals surface area contributed by atoms with E-state index in [1.807, 2.05) is 18.2 Å². The van der Waals surface area contributed by atoms with Gasteiger partial charge in [-0.1, -0.05) is 146 Å². The first-order valence-electron chi connectivity index (χ1n) is 15.5. The summed E-state index contributed by atoms with van der Waals surface area (Å²) in [6.07, 6.45) is 21.8. The molecule has 0 heterocycles. The van der Waals surface area contributed by atoms with Gasteiger partial charge in [0.05, 0.1) is 0 Å². The van der Waals surface area contributed by atoms with Crippen LogP contribution in [0, 0.1) is 0 Å². The molecule has 0 atom stereocenters. The summed E-state index contributed by atoms with van der Waals surface area (Å²) in [4.78, 5) is 0. The molecular formula is C35H60O2. The topological polar surface area (TPSA) is 29.5 Å². The van der Waals surface area contributed by atoms with Gasteiger partial charge in [0.15, 0.2) is 0 Å². The molecule has 2 rings (SSSR count). The molecule has 0 saturated heterocycles. The summed E-state index contributed by atoms with van der Waals surface area (Å²) in [7, 11) is 0. The Morgan fingerprint density at radius 2 is 0.838 bits per heavy atom. The van der Waals surface area contributed by atoms with Gasteiger partial charge in [-0.2, -0.15) is 0 Å². The van der Waals surface area contributed by atoms with E-state index in [1.165, 1.54) is 101 Å². The molecule has 0 aliphatic rings. The molecule has 2 nitrogen and oxygen atoms in total. The van der Waals surface area contributed by atoms with Gasteiger partial charge < -0.3 is 9.84 Å².